The second-order valence-corrected chi connectivity index (χ2v) is 5.80. The van der Waals surface area contributed by atoms with Gasteiger partial charge in [-0.05, 0) is 25.5 Å². The summed E-state index contributed by atoms with van der Waals surface area (Å²) < 4.78 is 0. The average Bonchev–Trinajstić information content (AvgIpc) is 2.71. The number of benzene rings is 1. The van der Waals surface area contributed by atoms with Crippen LogP contribution in [0.25, 0.3) is 0 Å². The molecule has 1 atom stereocenters. The number of carbonyl (C=O) groups is 2. The summed E-state index contributed by atoms with van der Waals surface area (Å²) in [4.78, 5) is 26.2. The quantitative estimate of drug-likeness (QED) is 0.473. The molecule has 0 spiro atoms. The Morgan fingerprint density at radius 3 is 2.48 bits per heavy atom. The minimum Gasteiger partial charge on any atom is -0.398 e. The first-order valence-corrected chi connectivity index (χ1v) is 7.84. The Morgan fingerprint density at radius 1 is 1.10 bits per heavy atom. The number of nitrogens with two attached hydrogens (primary N) is 1. The Morgan fingerprint density at radius 2 is 1.81 bits per heavy atom. The number of carbonyl (C=O) groups excluding carboxylic acids is 2. The number of nitrogens with zero attached hydrogens (tertiary/aromatic N) is 1. The highest BCUT2D eigenvalue weighted by Crippen LogP contribution is 2.30. The van der Waals surface area contributed by atoms with Crippen molar-refractivity contribution in [2.24, 2.45) is 0 Å². The Hall–Kier alpha value is -1.84. The highest BCUT2D eigenvalue weighted by Gasteiger charge is 2.39. The molecular weight excluding hydrogens is 264 g/mol. The van der Waals surface area contributed by atoms with Gasteiger partial charge in [0.2, 0.25) is 0 Å². The Balaban J connectivity index is 2.00. The van der Waals surface area contributed by atoms with Crippen LogP contribution in [0, 0.1) is 0 Å². The van der Waals surface area contributed by atoms with Crippen LogP contribution in [0.4, 0.5) is 5.69 Å². The van der Waals surface area contributed by atoms with Crippen molar-refractivity contribution in [2.45, 2.75) is 58.4 Å². The van der Waals surface area contributed by atoms with E-state index in [0.29, 0.717) is 16.8 Å². The molecule has 0 radical (unpaired) electrons. The average molecular weight is 288 g/mol. The fourth-order valence-corrected chi connectivity index (χ4v) is 2.90. The van der Waals surface area contributed by atoms with Crippen LogP contribution in [-0.4, -0.2) is 22.8 Å². The number of hydrogen-bond acceptors (Lipinski definition) is 3. The van der Waals surface area contributed by atoms with Crippen LogP contribution in [0.5, 0.6) is 0 Å². The molecule has 4 heteroatoms. The number of fused-ring (bicyclic) bond motifs is 1. The van der Waals surface area contributed by atoms with Gasteiger partial charge in [-0.25, -0.2) is 0 Å². The minimum absolute atomic E-state index is 0.0709. The summed E-state index contributed by atoms with van der Waals surface area (Å²) in [6.07, 6.45) is 6.74. The molecule has 0 fully saturated rings. The largest absolute Gasteiger partial charge is 0.398 e. The molecule has 114 valence electrons. The van der Waals surface area contributed by atoms with Gasteiger partial charge in [-0.1, -0.05) is 45.1 Å². The molecule has 1 heterocycles. The summed E-state index contributed by atoms with van der Waals surface area (Å²) in [5, 5.41) is 0. The Bertz CT molecular complexity index is 540. The van der Waals surface area contributed by atoms with E-state index < -0.39 is 0 Å². The van der Waals surface area contributed by atoms with E-state index in [9.17, 15) is 9.59 Å². The van der Waals surface area contributed by atoms with Gasteiger partial charge >= 0.3 is 0 Å². The van der Waals surface area contributed by atoms with Crippen LogP contribution in [-0.2, 0) is 0 Å². The zero-order valence-electron chi connectivity index (χ0n) is 12.9. The molecule has 0 aromatic heterocycles. The molecule has 1 aliphatic rings. The normalized spacial score (nSPS) is 15.4. The topological polar surface area (TPSA) is 63.4 Å². The third-order valence-corrected chi connectivity index (χ3v) is 4.14. The maximum Gasteiger partial charge on any atom is 0.263 e. The van der Waals surface area contributed by atoms with Gasteiger partial charge in [0.15, 0.2) is 0 Å². The number of rotatable bonds is 7. The molecule has 2 rings (SSSR count). The van der Waals surface area contributed by atoms with E-state index in [1.807, 2.05) is 6.92 Å². The molecule has 1 aromatic rings. The van der Waals surface area contributed by atoms with Crippen LogP contribution in [0.15, 0.2) is 18.2 Å². The van der Waals surface area contributed by atoms with Crippen LogP contribution >= 0.6 is 0 Å². The molecule has 2 N–H and O–H groups in total. The zero-order chi connectivity index (χ0) is 15.4. The maximum absolute atomic E-state index is 12.4. The van der Waals surface area contributed by atoms with Gasteiger partial charge in [-0.2, -0.15) is 0 Å². The van der Waals surface area contributed by atoms with Crippen molar-refractivity contribution in [3.63, 3.8) is 0 Å². The lowest BCUT2D eigenvalue weighted by molar-refractivity contribution is 0.0588. The first-order valence-electron chi connectivity index (χ1n) is 7.84. The van der Waals surface area contributed by atoms with E-state index in [1.54, 1.807) is 18.2 Å². The van der Waals surface area contributed by atoms with Gasteiger partial charge in [0, 0.05) is 11.7 Å². The SMILES string of the molecule is CCCCCCCC(C)N1C(=O)c2cccc(N)c2C1=O. The van der Waals surface area contributed by atoms with Crippen LogP contribution in [0.3, 0.4) is 0 Å². The number of hydrogen-bond donors (Lipinski definition) is 1. The first kappa shape index (κ1) is 15.5. The molecule has 0 aliphatic carbocycles. The van der Waals surface area contributed by atoms with E-state index in [4.69, 9.17) is 5.73 Å². The van der Waals surface area contributed by atoms with E-state index in [1.165, 1.54) is 24.2 Å². The highest BCUT2D eigenvalue weighted by atomic mass is 16.2. The second-order valence-electron chi connectivity index (χ2n) is 5.80. The molecule has 0 saturated carbocycles. The third kappa shape index (κ3) is 3.09. The first-order chi connectivity index (χ1) is 10.1. The maximum atomic E-state index is 12.4. The predicted octanol–water partition coefficient (Wildman–Crippen LogP) is 3.61. The molecule has 21 heavy (non-hydrogen) atoms. The molecule has 4 nitrogen and oxygen atoms in total. The van der Waals surface area contributed by atoms with Gasteiger partial charge in [0.1, 0.15) is 0 Å². The van der Waals surface area contributed by atoms with Gasteiger partial charge < -0.3 is 5.73 Å². The molecule has 0 saturated heterocycles. The van der Waals surface area contributed by atoms with Gasteiger partial charge in [-0.3, -0.25) is 14.5 Å². The molecule has 0 bridgehead atoms. The molecule has 1 aliphatic heterocycles. The smallest absolute Gasteiger partial charge is 0.263 e. The molecular formula is C17H24N2O2. The van der Waals surface area contributed by atoms with E-state index >= 15 is 0 Å². The predicted molar refractivity (Wildman–Crippen MR) is 84.2 cm³/mol. The summed E-state index contributed by atoms with van der Waals surface area (Å²) in [7, 11) is 0. The van der Waals surface area contributed by atoms with Crippen molar-refractivity contribution in [3.05, 3.63) is 29.3 Å². The van der Waals surface area contributed by atoms with Gasteiger partial charge in [0.25, 0.3) is 11.8 Å². The lowest BCUT2D eigenvalue weighted by atomic mass is 10.1. The summed E-state index contributed by atoms with van der Waals surface area (Å²) in [5.74, 6) is -0.447. The van der Waals surface area contributed by atoms with E-state index in [2.05, 4.69) is 6.92 Å². The fraction of sp³-hybridized carbons (Fsp3) is 0.529. The summed E-state index contributed by atoms with van der Waals surface area (Å²) >= 11 is 0. The van der Waals surface area contributed by atoms with Crippen molar-refractivity contribution >= 4 is 17.5 Å². The van der Waals surface area contributed by atoms with E-state index in [-0.39, 0.29) is 17.9 Å². The zero-order valence-corrected chi connectivity index (χ0v) is 12.9. The number of amides is 2. The van der Waals surface area contributed by atoms with Crippen molar-refractivity contribution in [2.75, 3.05) is 5.73 Å². The Labute approximate surface area is 126 Å². The standard InChI is InChI=1S/C17H24N2O2/c1-3-4-5-6-7-9-12(2)19-16(20)13-10-8-11-14(18)15(13)17(19)21/h8,10-12H,3-7,9,18H2,1-2H3. The summed E-state index contributed by atoms with van der Waals surface area (Å²) in [6, 6.07) is 5.00. The minimum atomic E-state index is -0.242. The molecule has 1 unspecified atom stereocenters. The number of unbranched alkanes of at least 4 members (excludes halogenated alkanes) is 4. The lowest BCUT2D eigenvalue weighted by Crippen LogP contribution is -2.38. The molecule has 2 amide bonds. The summed E-state index contributed by atoms with van der Waals surface area (Å²) in [5.41, 5.74) is 7.05. The second kappa shape index (κ2) is 6.74. The summed E-state index contributed by atoms with van der Waals surface area (Å²) in [6.45, 7) is 4.13. The number of imide groups is 1. The van der Waals surface area contributed by atoms with Crippen LogP contribution in [0.2, 0.25) is 0 Å². The van der Waals surface area contributed by atoms with Crippen molar-refractivity contribution in [1.82, 2.24) is 4.90 Å². The van der Waals surface area contributed by atoms with Crippen LogP contribution in [0.1, 0.15) is 73.1 Å². The lowest BCUT2D eigenvalue weighted by Gasteiger charge is -2.22. The highest BCUT2D eigenvalue weighted by molar-refractivity contribution is 6.23. The number of nitrogen functional groups attached to an aromatic ring is 1. The molecule has 1 aromatic carbocycles. The van der Waals surface area contributed by atoms with Crippen LogP contribution < -0.4 is 5.73 Å². The fourth-order valence-electron chi connectivity index (χ4n) is 2.90. The third-order valence-electron chi connectivity index (χ3n) is 4.14. The van der Waals surface area contributed by atoms with Crippen molar-refractivity contribution in [1.29, 1.82) is 0 Å². The van der Waals surface area contributed by atoms with Gasteiger partial charge in [0.05, 0.1) is 11.1 Å². The van der Waals surface area contributed by atoms with Gasteiger partial charge in [-0.15, -0.1) is 0 Å². The van der Waals surface area contributed by atoms with Crippen molar-refractivity contribution in [3.8, 4) is 0 Å². The Kier molecular flexibility index (Phi) is 4.99. The van der Waals surface area contributed by atoms with Crippen molar-refractivity contribution < 1.29 is 9.59 Å². The monoisotopic (exact) mass is 288 g/mol. The number of anilines is 1. The van der Waals surface area contributed by atoms with E-state index in [0.717, 1.165) is 19.3 Å².